The van der Waals surface area contributed by atoms with Gasteiger partial charge in [-0.05, 0) is 43.5 Å². The van der Waals surface area contributed by atoms with Crippen LogP contribution in [-0.2, 0) is 6.54 Å². The van der Waals surface area contributed by atoms with Crippen molar-refractivity contribution in [2.24, 2.45) is 0 Å². The molecule has 1 saturated heterocycles. The van der Waals surface area contributed by atoms with Crippen molar-refractivity contribution >= 4 is 28.5 Å². The van der Waals surface area contributed by atoms with E-state index in [-0.39, 0.29) is 11.9 Å². The van der Waals surface area contributed by atoms with Gasteiger partial charge in [0.1, 0.15) is 0 Å². The van der Waals surface area contributed by atoms with Crippen molar-refractivity contribution in [1.82, 2.24) is 15.2 Å². The molecule has 0 radical (unpaired) electrons. The van der Waals surface area contributed by atoms with Gasteiger partial charge in [0, 0.05) is 49.0 Å². The summed E-state index contributed by atoms with van der Waals surface area (Å²) in [5.41, 5.74) is 2.68. The predicted octanol–water partition coefficient (Wildman–Crippen LogP) is 4.18. The van der Waals surface area contributed by atoms with Crippen LogP contribution >= 0.6 is 11.6 Å². The summed E-state index contributed by atoms with van der Waals surface area (Å²) in [5, 5.41) is 4.54. The Kier molecular flexibility index (Phi) is 5.14. The molecule has 3 aromatic rings. The third-order valence-corrected chi connectivity index (χ3v) is 5.50. The summed E-state index contributed by atoms with van der Waals surface area (Å²) in [6.45, 7) is 4.73. The Morgan fingerprint density at radius 2 is 2.00 bits per heavy atom. The number of carbonyl (C=O) groups is 1. The Balaban J connectivity index is 1.37. The minimum Gasteiger partial charge on any atom is -0.449 e. The van der Waals surface area contributed by atoms with Crippen molar-refractivity contribution < 1.29 is 9.21 Å². The number of hydrogen-bond acceptors (Lipinski definition) is 4. The van der Waals surface area contributed by atoms with Gasteiger partial charge in [-0.15, -0.1) is 0 Å². The average Bonchev–Trinajstić information content (AvgIpc) is 3.03. The normalized spacial score (nSPS) is 15.9. The molecule has 3 heterocycles. The van der Waals surface area contributed by atoms with Crippen LogP contribution < -0.4 is 5.32 Å². The lowest BCUT2D eigenvalue weighted by molar-refractivity contribution is 0.0882. The zero-order valence-electron chi connectivity index (χ0n) is 15.2. The molecule has 0 atom stereocenters. The van der Waals surface area contributed by atoms with Crippen LogP contribution in [0.2, 0.25) is 5.02 Å². The maximum absolute atomic E-state index is 12.7. The Hall–Kier alpha value is -2.37. The van der Waals surface area contributed by atoms with Crippen LogP contribution in [0, 0.1) is 6.92 Å². The van der Waals surface area contributed by atoms with Crippen molar-refractivity contribution in [2.45, 2.75) is 32.4 Å². The number of likely N-dealkylation sites (tertiary alicyclic amines) is 1. The fourth-order valence-corrected chi connectivity index (χ4v) is 3.87. The van der Waals surface area contributed by atoms with Gasteiger partial charge in [0.2, 0.25) is 0 Å². The number of hydrogen-bond donors (Lipinski definition) is 1. The van der Waals surface area contributed by atoms with Gasteiger partial charge in [0.15, 0.2) is 11.3 Å². The quantitative estimate of drug-likeness (QED) is 0.734. The molecule has 1 fully saturated rings. The number of para-hydroxylation sites is 1. The van der Waals surface area contributed by atoms with E-state index in [0.717, 1.165) is 43.4 Å². The molecule has 0 bridgehead atoms. The summed E-state index contributed by atoms with van der Waals surface area (Å²) in [7, 11) is 0. The highest BCUT2D eigenvalue weighted by molar-refractivity contribution is 6.35. The number of fused-ring (bicyclic) bond motifs is 1. The molecule has 27 heavy (non-hydrogen) atoms. The highest BCUT2D eigenvalue weighted by Crippen LogP contribution is 2.30. The number of benzene rings is 1. The molecule has 1 aliphatic heterocycles. The van der Waals surface area contributed by atoms with Gasteiger partial charge in [-0.3, -0.25) is 14.7 Å². The predicted molar refractivity (Wildman–Crippen MR) is 106 cm³/mol. The lowest BCUT2D eigenvalue weighted by Gasteiger charge is -2.32. The first-order valence-electron chi connectivity index (χ1n) is 9.21. The Labute approximate surface area is 163 Å². The second-order valence-corrected chi connectivity index (χ2v) is 7.46. The maximum Gasteiger partial charge on any atom is 0.287 e. The molecule has 140 valence electrons. The largest absolute Gasteiger partial charge is 0.449 e. The summed E-state index contributed by atoms with van der Waals surface area (Å²) in [4.78, 5) is 19.2. The Morgan fingerprint density at radius 1 is 1.26 bits per heavy atom. The smallest absolute Gasteiger partial charge is 0.287 e. The van der Waals surface area contributed by atoms with Crippen molar-refractivity contribution in [3.05, 3.63) is 64.6 Å². The lowest BCUT2D eigenvalue weighted by Crippen LogP contribution is -2.44. The van der Waals surface area contributed by atoms with E-state index in [4.69, 9.17) is 16.0 Å². The first-order chi connectivity index (χ1) is 13.1. The fraction of sp³-hybridized carbons (Fsp3) is 0.333. The number of amides is 1. The topological polar surface area (TPSA) is 58.4 Å². The van der Waals surface area contributed by atoms with E-state index in [1.807, 2.05) is 43.6 Å². The van der Waals surface area contributed by atoms with E-state index in [1.54, 1.807) is 6.07 Å². The number of aromatic nitrogens is 1. The van der Waals surface area contributed by atoms with Crippen molar-refractivity contribution in [3.8, 4) is 0 Å². The van der Waals surface area contributed by atoms with Gasteiger partial charge >= 0.3 is 0 Å². The molecule has 1 amide bonds. The van der Waals surface area contributed by atoms with Crippen LogP contribution in [0.25, 0.3) is 11.0 Å². The van der Waals surface area contributed by atoms with Gasteiger partial charge < -0.3 is 9.73 Å². The van der Waals surface area contributed by atoms with E-state index in [1.165, 1.54) is 5.56 Å². The van der Waals surface area contributed by atoms with Gasteiger partial charge in [-0.2, -0.15) is 0 Å². The van der Waals surface area contributed by atoms with Gasteiger partial charge in [0.05, 0.1) is 5.02 Å². The van der Waals surface area contributed by atoms with Crippen LogP contribution in [0.4, 0.5) is 0 Å². The molecule has 0 aliphatic carbocycles. The molecule has 0 unspecified atom stereocenters. The monoisotopic (exact) mass is 383 g/mol. The van der Waals surface area contributed by atoms with E-state index >= 15 is 0 Å². The third-order valence-electron chi connectivity index (χ3n) is 5.20. The Morgan fingerprint density at radius 3 is 2.70 bits per heavy atom. The molecular formula is C21H22ClN3O2. The minimum absolute atomic E-state index is 0.160. The number of halogens is 1. The molecule has 5 nitrogen and oxygen atoms in total. The van der Waals surface area contributed by atoms with E-state index in [0.29, 0.717) is 16.4 Å². The van der Waals surface area contributed by atoms with Crippen LogP contribution in [0.3, 0.4) is 0 Å². The maximum atomic E-state index is 12.7. The third kappa shape index (κ3) is 3.84. The standard InChI is InChI=1S/C21H22ClN3O2/c1-14-17-3-2-4-18(22)20(17)27-19(14)21(26)24-16-7-11-25(12-8-16)13-15-5-9-23-10-6-15/h2-6,9-10,16H,7-8,11-13H2,1H3,(H,24,26). The van der Waals surface area contributed by atoms with Crippen molar-refractivity contribution in [3.63, 3.8) is 0 Å². The number of piperidine rings is 1. The second kappa shape index (κ2) is 7.71. The molecule has 4 rings (SSSR count). The molecular weight excluding hydrogens is 362 g/mol. The molecule has 1 aromatic carbocycles. The number of aryl methyl sites for hydroxylation is 1. The van der Waals surface area contributed by atoms with Crippen LogP contribution in [0.5, 0.6) is 0 Å². The fourth-order valence-electron chi connectivity index (χ4n) is 3.66. The lowest BCUT2D eigenvalue weighted by atomic mass is 10.0. The molecule has 6 heteroatoms. The SMILES string of the molecule is Cc1c(C(=O)NC2CCN(Cc3ccncc3)CC2)oc2c(Cl)cccc12. The van der Waals surface area contributed by atoms with Gasteiger partial charge in [-0.1, -0.05) is 23.7 Å². The molecule has 2 aromatic heterocycles. The van der Waals surface area contributed by atoms with Crippen molar-refractivity contribution in [1.29, 1.82) is 0 Å². The van der Waals surface area contributed by atoms with E-state index in [9.17, 15) is 4.79 Å². The number of pyridine rings is 1. The van der Waals surface area contributed by atoms with E-state index in [2.05, 4.69) is 15.2 Å². The molecule has 0 spiro atoms. The van der Waals surface area contributed by atoms with Crippen LogP contribution in [0.1, 0.15) is 34.5 Å². The van der Waals surface area contributed by atoms with Crippen LogP contribution in [0.15, 0.2) is 47.1 Å². The first kappa shape index (κ1) is 18.0. The molecule has 1 N–H and O–H groups in total. The number of nitrogens with zero attached hydrogens (tertiary/aromatic N) is 2. The van der Waals surface area contributed by atoms with Crippen LogP contribution in [-0.4, -0.2) is 34.9 Å². The summed E-state index contributed by atoms with van der Waals surface area (Å²) < 4.78 is 5.77. The number of carbonyl (C=O) groups excluding carboxylic acids is 1. The summed E-state index contributed by atoms with van der Waals surface area (Å²) >= 11 is 6.19. The number of nitrogens with one attached hydrogen (secondary N) is 1. The summed E-state index contributed by atoms with van der Waals surface area (Å²) in [6, 6.07) is 9.82. The Bertz CT molecular complexity index is 947. The number of rotatable bonds is 4. The highest BCUT2D eigenvalue weighted by atomic mass is 35.5. The van der Waals surface area contributed by atoms with Gasteiger partial charge in [-0.25, -0.2) is 0 Å². The molecule has 1 aliphatic rings. The zero-order valence-corrected chi connectivity index (χ0v) is 16.0. The van der Waals surface area contributed by atoms with Crippen molar-refractivity contribution in [2.75, 3.05) is 13.1 Å². The average molecular weight is 384 g/mol. The summed E-state index contributed by atoms with van der Waals surface area (Å²) in [6.07, 6.45) is 5.50. The summed E-state index contributed by atoms with van der Waals surface area (Å²) in [5.74, 6) is 0.199. The van der Waals surface area contributed by atoms with E-state index < -0.39 is 0 Å². The molecule has 0 saturated carbocycles. The second-order valence-electron chi connectivity index (χ2n) is 7.05. The minimum atomic E-state index is -0.160. The number of furan rings is 1. The van der Waals surface area contributed by atoms with Gasteiger partial charge in [0.25, 0.3) is 5.91 Å². The zero-order chi connectivity index (χ0) is 18.8. The first-order valence-corrected chi connectivity index (χ1v) is 9.59. The highest BCUT2D eigenvalue weighted by Gasteiger charge is 2.24.